The normalized spacial score (nSPS) is 10.3. The molecule has 0 saturated heterocycles. The van der Waals surface area contributed by atoms with Crippen LogP contribution in [0.15, 0.2) is 35.3 Å². The lowest BCUT2D eigenvalue weighted by molar-refractivity contribution is 0.0517. The zero-order valence-electron chi connectivity index (χ0n) is 8.71. The first-order valence-electron chi connectivity index (χ1n) is 4.88. The third-order valence-corrected chi connectivity index (χ3v) is 2.10. The van der Waals surface area contributed by atoms with Crippen LogP contribution in [0.4, 0.5) is 0 Å². The van der Waals surface area contributed by atoms with Crippen molar-refractivity contribution in [3.63, 3.8) is 0 Å². The molecule has 16 heavy (non-hydrogen) atoms. The summed E-state index contributed by atoms with van der Waals surface area (Å²) < 4.78 is 6.10. The van der Waals surface area contributed by atoms with E-state index in [0.717, 1.165) is 0 Å². The molecule has 0 aromatic carbocycles. The van der Waals surface area contributed by atoms with Crippen LogP contribution < -0.4 is 5.56 Å². The first-order chi connectivity index (χ1) is 7.74. The van der Waals surface area contributed by atoms with E-state index >= 15 is 0 Å². The number of rotatable bonds is 2. The maximum absolute atomic E-state index is 11.6. The average Bonchev–Trinajstić information content (AvgIpc) is 2.29. The summed E-state index contributed by atoms with van der Waals surface area (Å²) in [7, 11) is 0. The van der Waals surface area contributed by atoms with Crippen LogP contribution >= 0.6 is 0 Å². The molecule has 2 rings (SSSR count). The lowest BCUT2D eigenvalue weighted by atomic mass is 10.3. The highest BCUT2D eigenvalue weighted by Gasteiger charge is 2.11. The standard InChI is InChI=1S/C11H10N2O3/c1-2-16-11(15)8-4-3-5-9-12-7-6-10(14)13(8)9/h3-7H,2H2,1H3. The minimum absolute atomic E-state index is 0.192. The fraction of sp³-hybridized carbons (Fsp3) is 0.182. The minimum atomic E-state index is -0.525. The molecule has 2 aromatic heterocycles. The van der Waals surface area contributed by atoms with Gasteiger partial charge in [0.05, 0.1) is 6.61 Å². The van der Waals surface area contributed by atoms with E-state index < -0.39 is 5.97 Å². The van der Waals surface area contributed by atoms with Gasteiger partial charge in [-0.3, -0.25) is 9.20 Å². The molecule has 0 fully saturated rings. The zero-order valence-corrected chi connectivity index (χ0v) is 8.71. The van der Waals surface area contributed by atoms with E-state index in [1.165, 1.54) is 22.7 Å². The number of nitrogens with zero attached hydrogens (tertiary/aromatic N) is 2. The highest BCUT2D eigenvalue weighted by Crippen LogP contribution is 2.03. The quantitative estimate of drug-likeness (QED) is 0.702. The lowest BCUT2D eigenvalue weighted by Crippen LogP contribution is -2.21. The van der Waals surface area contributed by atoms with Gasteiger partial charge in [0.25, 0.3) is 5.56 Å². The van der Waals surface area contributed by atoms with E-state index in [4.69, 9.17) is 4.74 Å². The van der Waals surface area contributed by atoms with Crippen LogP contribution in [0.3, 0.4) is 0 Å². The molecule has 0 aliphatic rings. The van der Waals surface area contributed by atoms with Crippen LogP contribution in [0.1, 0.15) is 17.4 Å². The van der Waals surface area contributed by atoms with Gasteiger partial charge in [0, 0.05) is 12.3 Å². The van der Waals surface area contributed by atoms with Crippen molar-refractivity contribution in [2.45, 2.75) is 6.92 Å². The Kier molecular flexibility index (Phi) is 2.68. The second-order valence-electron chi connectivity index (χ2n) is 3.11. The molecular formula is C11H10N2O3. The third-order valence-electron chi connectivity index (χ3n) is 2.10. The number of carbonyl (C=O) groups excluding carboxylic acids is 1. The molecule has 0 bridgehead atoms. The fourth-order valence-electron chi connectivity index (χ4n) is 1.45. The molecule has 0 amide bonds. The summed E-state index contributed by atoms with van der Waals surface area (Å²) in [6.07, 6.45) is 1.41. The molecule has 5 heteroatoms. The Morgan fingerprint density at radius 3 is 3.00 bits per heavy atom. The number of hydrogen-bond acceptors (Lipinski definition) is 4. The van der Waals surface area contributed by atoms with Crippen LogP contribution in [-0.2, 0) is 4.74 Å². The number of carbonyl (C=O) groups is 1. The summed E-state index contributed by atoms with van der Waals surface area (Å²) in [4.78, 5) is 27.2. The molecule has 0 aliphatic heterocycles. The summed E-state index contributed by atoms with van der Waals surface area (Å²) >= 11 is 0. The maximum Gasteiger partial charge on any atom is 0.355 e. The molecule has 2 heterocycles. The van der Waals surface area contributed by atoms with Crippen LogP contribution in [0.25, 0.3) is 5.65 Å². The number of ether oxygens (including phenoxy) is 1. The largest absolute Gasteiger partial charge is 0.461 e. The number of fused-ring (bicyclic) bond motifs is 1. The highest BCUT2D eigenvalue weighted by atomic mass is 16.5. The van der Waals surface area contributed by atoms with Crippen molar-refractivity contribution in [2.75, 3.05) is 6.61 Å². The number of hydrogen-bond donors (Lipinski definition) is 0. The van der Waals surface area contributed by atoms with Crippen molar-refractivity contribution in [2.24, 2.45) is 0 Å². The first kappa shape index (κ1) is 10.4. The molecule has 0 aliphatic carbocycles. The van der Waals surface area contributed by atoms with E-state index in [9.17, 15) is 9.59 Å². The lowest BCUT2D eigenvalue weighted by Gasteiger charge is -2.06. The van der Waals surface area contributed by atoms with Gasteiger partial charge in [0.1, 0.15) is 11.3 Å². The SMILES string of the molecule is CCOC(=O)c1cccc2nccc(=O)n12. The van der Waals surface area contributed by atoms with Gasteiger partial charge in [-0.25, -0.2) is 9.78 Å². The molecule has 0 atom stereocenters. The van der Waals surface area contributed by atoms with Gasteiger partial charge in [-0.05, 0) is 19.1 Å². The summed E-state index contributed by atoms with van der Waals surface area (Å²) in [5.41, 5.74) is 0.323. The predicted octanol–water partition coefficient (Wildman–Crippen LogP) is 0.871. The number of esters is 1. The Bertz CT molecular complexity index is 584. The number of pyridine rings is 1. The van der Waals surface area contributed by atoms with Crippen LogP contribution in [-0.4, -0.2) is 22.0 Å². The van der Waals surface area contributed by atoms with Crippen molar-refractivity contribution >= 4 is 11.6 Å². The Morgan fingerprint density at radius 2 is 2.25 bits per heavy atom. The third kappa shape index (κ3) is 1.67. The smallest absolute Gasteiger partial charge is 0.355 e. The van der Waals surface area contributed by atoms with Gasteiger partial charge in [-0.1, -0.05) is 6.07 Å². The highest BCUT2D eigenvalue weighted by molar-refractivity contribution is 5.88. The van der Waals surface area contributed by atoms with Gasteiger partial charge in [0.15, 0.2) is 0 Å². The Morgan fingerprint density at radius 1 is 1.44 bits per heavy atom. The molecule has 82 valence electrons. The second kappa shape index (κ2) is 4.14. The Labute approximate surface area is 91.3 Å². The van der Waals surface area contributed by atoms with E-state index in [1.54, 1.807) is 19.1 Å². The van der Waals surface area contributed by atoms with E-state index in [2.05, 4.69) is 4.98 Å². The van der Waals surface area contributed by atoms with Gasteiger partial charge in [-0.15, -0.1) is 0 Å². The van der Waals surface area contributed by atoms with Gasteiger partial charge < -0.3 is 4.74 Å². The van der Waals surface area contributed by atoms with Gasteiger partial charge >= 0.3 is 5.97 Å². The molecule has 0 spiro atoms. The Balaban J connectivity index is 2.70. The molecule has 2 aromatic rings. The van der Waals surface area contributed by atoms with Gasteiger partial charge in [-0.2, -0.15) is 0 Å². The predicted molar refractivity (Wildman–Crippen MR) is 57.4 cm³/mol. The van der Waals surface area contributed by atoms with Gasteiger partial charge in [0.2, 0.25) is 0 Å². The number of aromatic nitrogens is 2. The molecule has 0 saturated carbocycles. The van der Waals surface area contributed by atoms with Crippen molar-refractivity contribution in [3.8, 4) is 0 Å². The molecule has 0 unspecified atom stereocenters. The van der Waals surface area contributed by atoms with Crippen LogP contribution in [0, 0.1) is 0 Å². The molecular weight excluding hydrogens is 208 g/mol. The van der Waals surface area contributed by atoms with E-state index in [1.807, 2.05) is 0 Å². The first-order valence-corrected chi connectivity index (χ1v) is 4.88. The second-order valence-corrected chi connectivity index (χ2v) is 3.11. The summed E-state index contributed by atoms with van der Waals surface area (Å²) in [5, 5.41) is 0. The molecule has 0 N–H and O–H groups in total. The van der Waals surface area contributed by atoms with Crippen molar-refractivity contribution in [3.05, 3.63) is 46.5 Å². The van der Waals surface area contributed by atoms with Crippen molar-refractivity contribution in [1.82, 2.24) is 9.38 Å². The zero-order chi connectivity index (χ0) is 11.5. The molecule has 0 radical (unpaired) electrons. The summed E-state index contributed by atoms with van der Waals surface area (Å²) in [6.45, 7) is 1.98. The molecule has 5 nitrogen and oxygen atoms in total. The fourth-order valence-corrected chi connectivity index (χ4v) is 1.45. The van der Waals surface area contributed by atoms with Crippen LogP contribution in [0.5, 0.6) is 0 Å². The Hall–Kier alpha value is -2.17. The van der Waals surface area contributed by atoms with E-state index in [0.29, 0.717) is 5.65 Å². The average molecular weight is 218 g/mol. The van der Waals surface area contributed by atoms with Crippen molar-refractivity contribution in [1.29, 1.82) is 0 Å². The summed E-state index contributed by atoms with van der Waals surface area (Å²) in [5.74, 6) is -0.525. The van der Waals surface area contributed by atoms with Crippen LogP contribution in [0.2, 0.25) is 0 Å². The summed E-state index contributed by atoms with van der Waals surface area (Å²) in [6, 6.07) is 6.15. The topological polar surface area (TPSA) is 60.7 Å². The maximum atomic E-state index is 11.6. The van der Waals surface area contributed by atoms with E-state index in [-0.39, 0.29) is 17.9 Å². The van der Waals surface area contributed by atoms with Crippen molar-refractivity contribution < 1.29 is 9.53 Å². The minimum Gasteiger partial charge on any atom is -0.461 e. The monoisotopic (exact) mass is 218 g/mol.